The normalized spacial score (nSPS) is 26.6. The van der Waals surface area contributed by atoms with E-state index in [-0.39, 0.29) is 11.2 Å². The Hall–Kier alpha value is -1.38. The summed E-state index contributed by atoms with van der Waals surface area (Å²) >= 11 is 6.23. The number of aliphatic hydroxyl groups is 4. The van der Waals surface area contributed by atoms with Crippen LogP contribution in [-0.2, 0) is 14.0 Å². The molecule has 3 heterocycles. The molecule has 2 aromatic heterocycles. The maximum Gasteiger partial charge on any atom is 0.361 e. The minimum absolute atomic E-state index is 0.194. The van der Waals surface area contributed by atoms with E-state index in [0.29, 0.717) is 17.0 Å². The van der Waals surface area contributed by atoms with E-state index in [4.69, 9.17) is 21.1 Å². The Morgan fingerprint density at radius 1 is 1.24 bits per heavy atom. The third-order valence-electron chi connectivity index (χ3n) is 6.39. The van der Waals surface area contributed by atoms with Crippen molar-refractivity contribution in [2.24, 2.45) is 0 Å². The highest BCUT2D eigenvalue weighted by atomic mass is 35.5. The van der Waals surface area contributed by atoms with Gasteiger partial charge < -0.3 is 45.0 Å². The van der Waals surface area contributed by atoms with Crippen LogP contribution in [0.25, 0.3) is 5.65 Å². The van der Waals surface area contributed by atoms with E-state index in [1.54, 1.807) is 6.07 Å². The van der Waals surface area contributed by atoms with Gasteiger partial charge in [0.25, 0.3) is 0 Å². The number of rotatable bonds is 9. The fourth-order valence-electron chi connectivity index (χ4n) is 4.32. The van der Waals surface area contributed by atoms with E-state index >= 15 is 0 Å². The lowest BCUT2D eigenvalue weighted by atomic mass is 10.0. The fourth-order valence-corrected chi connectivity index (χ4v) is 5.12. The van der Waals surface area contributed by atoms with Crippen LogP contribution in [0.4, 0.5) is 5.82 Å². The molecule has 15 heteroatoms. The lowest BCUT2D eigenvalue weighted by molar-refractivity contribution is -0.114. The molecule has 0 spiro atoms. The van der Waals surface area contributed by atoms with Crippen molar-refractivity contribution in [1.29, 1.82) is 0 Å². The number of nitrogens with zero attached hydrogens (tertiary/aromatic N) is 3. The molecule has 0 amide bonds. The Labute approximate surface area is 199 Å². The fraction of sp³-hybridized carbons (Fsp3) is 0.684. The molecular formula is C19H28ClN4O9P. The van der Waals surface area contributed by atoms with Gasteiger partial charge in [0, 0.05) is 17.7 Å². The van der Waals surface area contributed by atoms with Crippen LogP contribution < -0.4 is 5.32 Å². The Balaban J connectivity index is 1.56. The molecule has 4 rings (SSSR count). The Morgan fingerprint density at radius 2 is 1.91 bits per heavy atom. The van der Waals surface area contributed by atoms with Crippen LogP contribution in [0.1, 0.15) is 37.4 Å². The first-order valence-electron chi connectivity index (χ1n) is 10.8. The molecule has 4 atom stereocenters. The van der Waals surface area contributed by atoms with E-state index in [2.05, 4.69) is 15.4 Å². The van der Waals surface area contributed by atoms with Gasteiger partial charge in [-0.25, -0.2) is 4.98 Å². The summed E-state index contributed by atoms with van der Waals surface area (Å²) in [6.07, 6.45) is 0.463. The van der Waals surface area contributed by atoms with Gasteiger partial charge in [0.1, 0.15) is 35.4 Å². The lowest BCUT2D eigenvalue weighted by Crippen LogP contribution is -2.44. The maximum absolute atomic E-state index is 11.7. The number of aliphatic hydroxyl groups excluding tert-OH is 4. The van der Waals surface area contributed by atoms with Gasteiger partial charge in [0.05, 0.1) is 26.0 Å². The number of ether oxygens (including phenoxy) is 2. The van der Waals surface area contributed by atoms with Gasteiger partial charge >= 0.3 is 7.60 Å². The van der Waals surface area contributed by atoms with Crippen LogP contribution in [-0.4, -0.2) is 94.3 Å². The molecule has 190 valence electrons. The summed E-state index contributed by atoms with van der Waals surface area (Å²) in [5, 5.41) is 45.3. The topological polar surface area (TPSA) is 199 Å². The molecular weight excluding hydrogens is 495 g/mol. The van der Waals surface area contributed by atoms with E-state index in [1.807, 2.05) is 0 Å². The van der Waals surface area contributed by atoms with Gasteiger partial charge in [-0.15, -0.1) is 0 Å². The van der Waals surface area contributed by atoms with Crippen LogP contribution in [0.3, 0.4) is 0 Å². The number of anilines is 1. The number of halogens is 1. The van der Waals surface area contributed by atoms with Crippen LogP contribution in [0.15, 0.2) is 12.3 Å². The predicted octanol–water partition coefficient (Wildman–Crippen LogP) is -0.226. The number of hydrogen-bond donors (Lipinski definition) is 7. The number of fused-ring (bicyclic) bond motifs is 1. The highest BCUT2D eigenvalue weighted by Gasteiger charge is 2.51. The van der Waals surface area contributed by atoms with Gasteiger partial charge in [-0.3, -0.25) is 4.57 Å². The third-order valence-corrected chi connectivity index (χ3v) is 8.05. The second-order valence-electron chi connectivity index (χ2n) is 8.62. The molecule has 34 heavy (non-hydrogen) atoms. The van der Waals surface area contributed by atoms with E-state index < -0.39 is 57.2 Å². The molecule has 0 unspecified atom stereocenters. The Kier molecular flexibility index (Phi) is 7.51. The van der Waals surface area contributed by atoms with Crippen LogP contribution in [0.2, 0.25) is 5.15 Å². The number of aromatic nitrogens is 3. The Bertz CT molecular complexity index is 1060. The first kappa shape index (κ1) is 25.7. The van der Waals surface area contributed by atoms with Gasteiger partial charge in [-0.05, 0) is 12.8 Å². The summed E-state index contributed by atoms with van der Waals surface area (Å²) in [6, 6.07) is 1.92. The average molecular weight is 523 g/mol. The van der Waals surface area contributed by atoms with Gasteiger partial charge in [-0.2, -0.15) is 9.61 Å². The van der Waals surface area contributed by atoms with E-state index in [9.17, 15) is 34.8 Å². The number of nitrogens with one attached hydrogen (secondary N) is 1. The van der Waals surface area contributed by atoms with Crippen molar-refractivity contribution in [3.8, 4) is 0 Å². The molecule has 7 N–H and O–H groups in total. The highest BCUT2D eigenvalue weighted by Crippen LogP contribution is 2.51. The van der Waals surface area contributed by atoms with Crippen molar-refractivity contribution in [2.75, 3.05) is 25.1 Å². The molecule has 2 aromatic rings. The van der Waals surface area contributed by atoms with Crippen LogP contribution >= 0.6 is 19.2 Å². The summed E-state index contributed by atoms with van der Waals surface area (Å²) < 4.78 is 24.1. The van der Waals surface area contributed by atoms with Crippen molar-refractivity contribution in [3.63, 3.8) is 0 Å². The third kappa shape index (κ3) is 4.70. The number of hydrogen-bond acceptors (Lipinski definition) is 10. The van der Waals surface area contributed by atoms with Gasteiger partial charge in [-0.1, -0.05) is 24.4 Å². The van der Waals surface area contributed by atoms with Crippen LogP contribution in [0, 0.1) is 0 Å². The molecule has 0 bridgehead atoms. The molecule has 2 fully saturated rings. The van der Waals surface area contributed by atoms with Crippen molar-refractivity contribution < 1.29 is 44.3 Å². The first-order chi connectivity index (χ1) is 16.1. The zero-order chi connectivity index (χ0) is 24.7. The SMILES string of the molecule is O=P(O)(O)C(CO)(CO)OC[C@H]1O[C@H](c2cnn3c(NC4CCCC4)cc(Cl)nc23)[C@H](O)[C@@H]1O. The molecule has 0 radical (unpaired) electrons. The zero-order valence-electron chi connectivity index (χ0n) is 18.1. The standard InChI is InChI=1S/C19H28ClN4O9P/c20-13-5-14(22-10-3-1-2-4-10)24-18(23-13)11(6-21-24)17-16(28)15(27)12(33-17)7-32-19(8-25,9-26)34(29,30)31/h5-6,10,12,15-17,22,25-28H,1-4,7-9H2,(H2,29,30,31)/t12-,15-,16-,17-/m1/s1. The smallest absolute Gasteiger partial charge is 0.361 e. The van der Waals surface area contributed by atoms with Crippen LogP contribution in [0.5, 0.6) is 0 Å². The highest BCUT2D eigenvalue weighted by molar-refractivity contribution is 7.53. The second kappa shape index (κ2) is 9.94. The van der Waals surface area contributed by atoms with Crippen molar-refractivity contribution >= 4 is 30.7 Å². The summed E-state index contributed by atoms with van der Waals surface area (Å²) in [6.45, 7) is -2.96. The van der Waals surface area contributed by atoms with Crippen molar-refractivity contribution in [2.45, 2.75) is 61.5 Å². The van der Waals surface area contributed by atoms with Crippen molar-refractivity contribution in [1.82, 2.24) is 14.6 Å². The van der Waals surface area contributed by atoms with Gasteiger partial charge in [0.15, 0.2) is 5.65 Å². The second-order valence-corrected chi connectivity index (χ2v) is 10.9. The molecule has 2 aliphatic rings. The molecule has 1 aliphatic heterocycles. The van der Waals surface area contributed by atoms with Gasteiger partial charge in [0.2, 0.25) is 5.34 Å². The lowest BCUT2D eigenvalue weighted by Gasteiger charge is -2.31. The monoisotopic (exact) mass is 522 g/mol. The predicted molar refractivity (Wildman–Crippen MR) is 118 cm³/mol. The molecule has 1 aliphatic carbocycles. The summed E-state index contributed by atoms with van der Waals surface area (Å²) in [5.74, 6) is 0.624. The van der Waals surface area contributed by atoms with E-state index in [0.717, 1.165) is 25.7 Å². The van der Waals surface area contributed by atoms with Crippen molar-refractivity contribution in [3.05, 3.63) is 23.0 Å². The van der Waals surface area contributed by atoms with E-state index in [1.165, 1.54) is 10.7 Å². The summed E-state index contributed by atoms with van der Waals surface area (Å²) in [4.78, 5) is 23.2. The quantitative estimate of drug-likeness (QED) is 0.169. The molecule has 1 saturated heterocycles. The summed E-state index contributed by atoms with van der Waals surface area (Å²) in [7, 11) is -5.09. The zero-order valence-corrected chi connectivity index (χ0v) is 19.7. The summed E-state index contributed by atoms with van der Waals surface area (Å²) in [5.41, 5.74) is 0.651. The maximum atomic E-state index is 11.7. The molecule has 0 aromatic carbocycles. The minimum atomic E-state index is -5.09. The molecule has 13 nitrogen and oxygen atoms in total. The molecule has 1 saturated carbocycles. The average Bonchev–Trinajstić information content (AvgIpc) is 3.50. The first-order valence-corrected chi connectivity index (χ1v) is 12.8. The largest absolute Gasteiger partial charge is 0.393 e. The minimum Gasteiger partial charge on any atom is -0.393 e. The Morgan fingerprint density at radius 3 is 2.53 bits per heavy atom.